The van der Waals surface area contributed by atoms with Crippen molar-refractivity contribution in [3.8, 4) is 0 Å². The molecule has 12 heavy (non-hydrogen) atoms. The third-order valence-corrected chi connectivity index (χ3v) is 1.32. The molecule has 0 aromatic rings. The Morgan fingerprint density at radius 3 is 2.50 bits per heavy atom. The van der Waals surface area contributed by atoms with Gasteiger partial charge in [-0.15, -0.1) is 0 Å². The number of hydrogen-bond donors (Lipinski definition) is 0. The highest BCUT2D eigenvalue weighted by Crippen LogP contribution is 1.94. The Kier molecular flexibility index (Phi) is 5.97. The van der Waals surface area contributed by atoms with Crippen molar-refractivity contribution in [3.63, 3.8) is 0 Å². The summed E-state index contributed by atoms with van der Waals surface area (Å²) in [4.78, 5) is 21.5. The number of esters is 1. The minimum atomic E-state index is -0.468. The van der Waals surface area contributed by atoms with Gasteiger partial charge in [-0.25, -0.2) is 0 Å². The lowest BCUT2D eigenvalue weighted by atomic mass is 10.2. The van der Waals surface area contributed by atoms with E-state index in [9.17, 15) is 9.59 Å². The van der Waals surface area contributed by atoms with E-state index in [1.165, 1.54) is 7.11 Å². The maximum Gasteiger partial charge on any atom is 0.313 e. The predicted molar refractivity (Wildman–Crippen MR) is 45.7 cm³/mol. The molecule has 0 fully saturated rings. The van der Waals surface area contributed by atoms with E-state index in [1.54, 1.807) is 6.08 Å². The van der Waals surface area contributed by atoms with E-state index < -0.39 is 5.97 Å². The van der Waals surface area contributed by atoms with Gasteiger partial charge < -0.3 is 4.74 Å². The maximum absolute atomic E-state index is 10.9. The molecule has 0 aromatic heterocycles. The maximum atomic E-state index is 10.9. The van der Waals surface area contributed by atoms with Crippen LogP contribution in [0.5, 0.6) is 0 Å². The van der Waals surface area contributed by atoms with E-state index in [4.69, 9.17) is 0 Å². The van der Waals surface area contributed by atoms with Gasteiger partial charge in [0, 0.05) is 6.42 Å². The summed E-state index contributed by atoms with van der Waals surface area (Å²) in [5.41, 5.74) is 0. The van der Waals surface area contributed by atoms with E-state index in [0.717, 1.165) is 6.42 Å². The van der Waals surface area contributed by atoms with E-state index in [-0.39, 0.29) is 12.2 Å². The molecule has 0 saturated carbocycles. The lowest BCUT2D eigenvalue weighted by Crippen LogP contribution is -2.07. The summed E-state index contributed by atoms with van der Waals surface area (Å²) in [6.45, 7) is 1.99. The molecule has 68 valence electrons. The molecule has 0 heterocycles. The largest absolute Gasteiger partial charge is 0.469 e. The first-order valence-corrected chi connectivity index (χ1v) is 3.94. The number of carbonyl (C=O) groups excluding carboxylic acids is 2. The molecule has 0 aliphatic carbocycles. The second kappa shape index (κ2) is 6.58. The van der Waals surface area contributed by atoms with Gasteiger partial charge in [-0.3, -0.25) is 9.59 Å². The molecule has 0 spiro atoms. The highest BCUT2D eigenvalue weighted by atomic mass is 16.5. The van der Waals surface area contributed by atoms with Crippen LogP contribution in [0.2, 0.25) is 0 Å². The zero-order valence-corrected chi connectivity index (χ0v) is 7.50. The molecule has 0 N–H and O–H groups in total. The average molecular weight is 170 g/mol. The third kappa shape index (κ3) is 5.65. The van der Waals surface area contributed by atoms with Crippen molar-refractivity contribution in [2.75, 3.05) is 7.11 Å². The second-order valence-electron chi connectivity index (χ2n) is 2.38. The van der Waals surface area contributed by atoms with Gasteiger partial charge in [0.15, 0.2) is 0 Å². The average Bonchev–Trinajstić information content (AvgIpc) is 2.05. The molecule has 0 saturated heterocycles. The third-order valence-electron chi connectivity index (χ3n) is 1.32. The fourth-order valence-corrected chi connectivity index (χ4v) is 0.687. The van der Waals surface area contributed by atoms with Crippen molar-refractivity contribution < 1.29 is 14.3 Å². The molecule has 3 nitrogen and oxygen atoms in total. The summed E-state index contributed by atoms with van der Waals surface area (Å²) in [5.74, 6) is -0.573. The zero-order valence-electron chi connectivity index (χ0n) is 7.50. The van der Waals surface area contributed by atoms with Gasteiger partial charge in [-0.05, 0) is 6.42 Å². The van der Waals surface area contributed by atoms with Crippen LogP contribution in [0.15, 0.2) is 12.2 Å². The number of hydrogen-bond acceptors (Lipinski definition) is 3. The monoisotopic (exact) mass is 170 g/mol. The fraction of sp³-hybridized carbons (Fsp3) is 0.556. The molecule has 0 aliphatic rings. The van der Waals surface area contributed by atoms with Crippen molar-refractivity contribution in [2.45, 2.75) is 26.2 Å². The summed E-state index contributed by atoms with van der Waals surface area (Å²) < 4.78 is 4.34. The molecule has 0 radical (unpaired) electrons. The Bertz CT molecular complexity index is 182. The number of ether oxygens (including phenoxy) is 1. The molecule has 0 rings (SSSR count). The molecular weight excluding hydrogens is 156 g/mol. The Labute approximate surface area is 72.4 Å². The Morgan fingerprint density at radius 1 is 1.33 bits per heavy atom. The molecule has 0 aromatic carbocycles. The van der Waals surface area contributed by atoms with Crippen LogP contribution in [-0.2, 0) is 14.3 Å². The number of ketones is 1. The van der Waals surface area contributed by atoms with E-state index in [1.807, 2.05) is 13.0 Å². The van der Waals surface area contributed by atoms with Gasteiger partial charge in [0.2, 0.25) is 0 Å². The van der Waals surface area contributed by atoms with Gasteiger partial charge in [-0.1, -0.05) is 19.1 Å². The predicted octanol–water partition coefficient (Wildman–Crippen LogP) is 1.47. The van der Waals surface area contributed by atoms with Crippen LogP contribution in [-0.4, -0.2) is 18.9 Å². The van der Waals surface area contributed by atoms with Crippen LogP contribution in [0.25, 0.3) is 0 Å². The van der Waals surface area contributed by atoms with Gasteiger partial charge in [0.05, 0.1) is 7.11 Å². The Hall–Kier alpha value is -1.12. The Morgan fingerprint density at radius 2 is 2.00 bits per heavy atom. The van der Waals surface area contributed by atoms with E-state index in [0.29, 0.717) is 6.42 Å². The lowest BCUT2D eigenvalue weighted by Gasteiger charge is -1.95. The second-order valence-corrected chi connectivity index (χ2v) is 2.38. The normalized spacial score (nSPS) is 10.2. The van der Waals surface area contributed by atoms with Crippen molar-refractivity contribution in [1.29, 1.82) is 0 Å². The molecule has 0 atom stereocenters. The first-order chi connectivity index (χ1) is 5.70. The van der Waals surface area contributed by atoms with E-state index in [2.05, 4.69) is 4.74 Å². The van der Waals surface area contributed by atoms with Gasteiger partial charge >= 0.3 is 5.97 Å². The number of methoxy groups -OCH3 is 1. The highest BCUT2D eigenvalue weighted by molar-refractivity contribution is 5.96. The Balaban J connectivity index is 3.60. The van der Waals surface area contributed by atoms with Gasteiger partial charge in [-0.2, -0.15) is 0 Å². The summed E-state index contributed by atoms with van der Waals surface area (Å²) in [6, 6.07) is 0. The number of rotatable bonds is 5. The number of carbonyl (C=O) groups is 2. The molecular formula is C9H14O3. The smallest absolute Gasteiger partial charge is 0.313 e. The SMILES string of the molecule is CC/C=C/CC(=O)CC(=O)OC. The topological polar surface area (TPSA) is 43.4 Å². The molecule has 0 amide bonds. The van der Waals surface area contributed by atoms with E-state index >= 15 is 0 Å². The van der Waals surface area contributed by atoms with Crippen molar-refractivity contribution in [2.24, 2.45) is 0 Å². The summed E-state index contributed by atoms with van der Waals surface area (Å²) >= 11 is 0. The minimum absolute atomic E-state index is 0.105. The summed E-state index contributed by atoms with van der Waals surface area (Å²) in [6.07, 6.45) is 4.78. The number of allylic oxidation sites excluding steroid dienone is 2. The summed E-state index contributed by atoms with van der Waals surface area (Å²) in [5, 5.41) is 0. The van der Waals surface area contributed by atoms with Gasteiger partial charge in [0.1, 0.15) is 12.2 Å². The van der Waals surface area contributed by atoms with Gasteiger partial charge in [0.25, 0.3) is 0 Å². The number of Topliss-reactive ketones (excluding diaryl/α,β-unsaturated/α-hetero) is 1. The summed E-state index contributed by atoms with van der Waals surface area (Å²) in [7, 11) is 1.28. The quantitative estimate of drug-likeness (QED) is 0.356. The van der Waals surface area contributed by atoms with Crippen molar-refractivity contribution in [1.82, 2.24) is 0 Å². The van der Waals surface area contributed by atoms with Crippen LogP contribution < -0.4 is 0 Å². The zero-order chi connectivity index (χ0) is 9.40. The van der Waals surface area contributed by atoms with Crippen LogP contribution in [0.3, 0.4) is 0 Å². The van der Waals surface area contributed by atoms with Crippen molar-refractivity contribution in [3.05, 3.63) is 12.2 Å². The van der Waals surface area contributed by atoms with Crippen LogP contribution in [0.4, 0.5) is 0 Å². The molecule has 0 bridgehead atoms. The first-order valence-electron chi connectivity index (χ1n) is 3.94. The molecule has 0 unspecified atom stereocenters. The fourth-order valence-electron chi connectivity index (χ4n) is 0.687. The van der Waals surface area contributed by atoms with Crippen LogP contribution in [0.1, 0.15) is 26.2 Å². The van der Waals surface area contributed by atoms with Crippen LogP contribution >= 0.6 is 0 Å². The first kappa shape index (κ1) is 10.9. The van der Waals surface area contributed by atoms with Crippen molar-refractivity contribution >= 4 is 11.8 Å². The standard InChI is InChI=1S/C9H14O3/c1-3-4-5-6-8(10)7-9(11)12-2/h4-5H,3,6-7H2,1-2H3/b5-4+. The molecule has 3 heteroatoms. The lowest BCUT2D eigenvalue weighted by molar-refractivity contribution is -0.143. The highest BCUT2D eigenvalue weighted by Gasteiger charge is 2.06. The molecule has 0 aliphatic heterocycles. The van der Waals surface area contributed by atoms with Crippen LogP contribution in [0, 0.1) is 0 Å². The minimum Gasteiger partial charge on any atom is -0.469 e.